The van der Waals surface area contributed by atoms with E-state index in [1.165, 1.54) is 32.5 Å². The molecule has 0 spiro atoms. The van der Waals surface area contributed by atoms with Crippen molar-refractivity contribution in [2.24, 2.45) is 13.0 Å². The highest BCUT2D eigenvalue weighted by molar-refractivity contribution is 7.89. The number of amides is 1. The Morgan fingerprint density at radius 1 is 1.13 bits per heavy atom. The minimum atomic E-state index is -3.61. The van der Waals surface area contributed by atoms with Gasteiger partial charge in [-0.25, -0.2) is 8.42 Å². The summed E-state index contributed by atoms with van der Waals surface area (Å²) >= 11 is 0. The first-order valence-electron chi connectivity index (χ1n) is 10.9. The number of rotatable bonds is 5. The fourth-order valence-corrected chi connectivity index (χ4v) is 5.97. The van der Waals surface area contributed by atoms with Crippen LogP contribution in [0, 0.1) is 12.8 Å². The molecule has 0 saturated carbocycles. The molecule has 4 rings (SSSR count). The van der Waals surface area contributed by atoms with E-state index in [1.54, 1.807) is 7.05 Å². The minimum Gasteiger partial charge on any atom is -0.340 e. The van der Waals surface area contributed by atoms with Crippen molar-refractivity contribution in [2.45, 2.75) is 31.2 Å². The van der Waals surface area contributed by atoms with E-state index in [0.717, 1.165) is 26.1 Å². The normalized spacial score (nSPS) is 21.4. The largest absolute Gasteiger partial charge is 0.340 e. The molecule has 1 atom stereocenters. The lowest BCUT2D eigenvalue weighted by molar-refractivity contribution is -0.138. The van der Waals surface area contributed by atoms with Crippen LogP contribution < -0.4 is 0 Å². The van der Waals surface area contributed by atoms with Crippen molar-refractivity contribution < 1.29 is 13.2 Å². The van der Waals surface area contributed by atoms with Crippen LogP contribution in [0.15, 0.2) is 41.6 Å². The lowest BCUT2D eigenvalue weighted by Crippen LogP contribution is -2.52. The molecule has 31 heavy (non-hydrogen) atoms. The van der Waals surface area contributed by atoms with Gasteiger partial charge in [0.1, 0.15) is 4.90 Å². The molecular weight excluding hydrogens is 414 g/mol. The van der Waals surface area contributed by atoms with E-state index < -0.39 is 10.0 Å². The van der Waals surface area contributed by atoms with Crippen LogP contribution in [0.4, 0.5) is 0 Å². The highest BCUT2D eigenvalue weighted by Crippen LogP contribution is 2.25. The number of benzene rings is 1. The smallest absolute Gasteiger partial charge is 0.246 e. The minimum absolute atomic E-state index is 0.0848. The monoisotopic (exact) mass is 445 g/mol. The Morgan fingerprint density at radius 3 is 2.55 bits per heavy atom. The van der Waals surface area contributed by atoms with Crippen LogP contribution >= 0.6 is 0 Å². The first kappa shape index (κ1) is 22.0. The summed E-state index contributed by atoms with van der Waals surface area (Å²) in [7, 11) is -1.92. The fourth-order valence-electron chi connectivity index (χ4n) is 4.46. The summed E-state index contributed by atoms with van der Waals surface area (Å²) in [5.41, 5.74) is 2.61. The van der Waals surface area contributed by atoms with Crippen molar-refractivity contribution in [3.63, 3.8) is 0 Å². The van der Waals surface area contributed by atoms with Gasteiger partial charge in [0.25, 0.3) is 0 Å². The second kappa shape index (κ2) is 9.10. The van der Waals surface area contributed by atoms with Gasteiger partial charge in [0.05, 0.1) is 12.1 Å². The summed E-state index contributed by atoms with van der Waals surface area (Å²) in [5, 5.41) is 3.98. The zero-order valence-corrected chi connectivity index (χ0v) is 19.1. The van der Waals surface area contributed by atoms with Crippen molar-refractivity contribution in [3.05, 3.63) is 47.8 Å². The number of hydrogen-bond acceptors (Lipinski definition) is 5. The van der Waals surface area contributed by atoms with E-state index in [1.807, 2.05) is 4.90 Å². The van der Waals surface area contributed by atoms with Gasteiger partial charge in [-0.05, 0) is 30.9 Å². The Hall–Kier alpha value is -2.23. The third-order valence-corrected chi connectivity index (χ3v) is 8.21. The predicted molar refractivity (Wildman–Crippen MR) is 118 cm³/mol. The lowest BCUT2D eigenvalue weighted by Gasteiger charge is -2.38. The zero-order valence-electron chi connectivity index (χ0n) is 18.3. The number of piperidine rings is 1. The van der Waals surface area contributed by atoms with Crippen molar-refractivity contribution in [1.29, 1.82) is 0 Å². The molecule has 2 fully saturated rings. The molecule has 1 amide bonds. The van der Waals surface area contributed by atoms with Crippen molar-refractivity contribution in [2.75, 3.05) is 39.3 Å². The average Bonchev–Trinajstić information content (AvgIpc) is 3.23. The molecule has 8 nitrogen and oxygen atoms in total. The third kappa shape index (κ3) is 4.83. The summed E-state index contributed by atoms with van der Waals surface area (Å²) in [5.74, 6) is -0.190. The van der Waals surface area contributed by atoms with Gasteiger partial charge in [0, 0.05) is 59.1 Å². The summed E-state index contributed by atoms with van der Waals surface area (Å²) < 4.78 is 28.8. The first-order valence-corrected chi connectivity index (χ1v) is 12.3. The third-order valence-electron chi connectivity index (χ3n) is 6.39. The standard InChI is InChI=1S/C22H31N5O3S/c1-18-6-3-4-7-19(18)15-25-10-12-26(13-11-25)22(28)20-8-5-9-27(16-20)31(29,30)21-14-23-24(2)17-21/h3-4,6-7,14,17,20H,5,8-13,15-16H2,1-2H3/t20-/m0/s1. The molecule has 2 aliphatic heterocycles. The van der Waals surface area contributed by atoms with Crippen LogP contribution in [-0.4, -0.2) is 77.5 Å². The number of aromatic nitrogens is 2. The highest BCUT2D eigenvalue weighted by atomic mass is 32.2. The molecule has 1 aromatic heterocycles. The van der Waals surface area contributed by atoms with Crippen LogP contribution in [0.1, 0.15) is 24.0 Å². The van der Waals surface area contributed by atoms with E-state index in [9.17, 15) is 13.2 Å². The number of sulfonamides is 1. The molecule has 2 aromatic rings. The van der Waals surface area contributed by atoms with Crippen molar-refractivity contribution in [3.8, 4) is 0 Å². The van der Waals surface area contributed by atoms with Crippen molar-refractivity contribution in [1.82, 2.24) is 23.9 Å². The quantitative estimate of drug-likeness (QED) is 0.697. The zero-order chi connectivity index (χ0) is 22.0. The van der Waals surface area contributed by atoms with Gasteiger partial charge in [0.15, 0.2) is 0 Å². The highest BCUT2D eigenvalue weighted by Gasteiger charge is 2.36. The second-order valence-corrected chi connectivity index (χ2v) is 10.5. The Morgan fingerprint density at radius 2 is 1.87 bits per heavy atom. The number of piperazine rings is 1. The molecule has 2 saturated heterocycles. The average molecular weight is 446 g/mol. The summed E-state index contributed by atoms with van der Waals surface area (Å²) in [6, 6.07) is 8.41. The topological polar surface area (TPSA) is 78.8 Å². The summed E-state index contributed by atoms with van der Waals surface area (Å²) in [6.45, 7) is 6.78. The first-order chi connectivity index (χ1) is 14.8. The van der Waals surface area contributed by atoms with E-state index >= 15 is 0 Å². The molecule has 0 unspecified atom stereocenters. The molecule has 0 radical (unpaired) electrons. The molecule has 9 heteroatoms. The Bertz CT molecular complexity index is 1030. The van der Waals surface area contributed by atoms with Crippen LogP contribution in [0.5, 0.6) is 0 Å². The lowest BCUT2D eigenvalue weighted by atomic mass is 9.97. The van der Waals surface area contributed by atoms with Crippen molar-refractivity contribution >= 4 is 15.9 Å². The Kier molecular flexibility index (Phi) is 6.45. The maximum atomic E-state index is 13.2. The fraction of sp³-hybridized carbons (Fsp3) is 0.545. The van der Waals surface area contributed by atoms with E-state index in [4.69, 9.17) is 0 Å². The molecule has 0 N–H and O–H groups in total. The number of carbonyl (C=O) groups is 1. The Balaban J connectivity index is 1.34. The Labute approximate surface area is 184 Å². The molecule has 1 aromatic carbocycles. The maximum Gasteiger partial charge on any atom is 0.246 e. The van der Waals surface area contributed by atoms with Gasteiger partial charge in [0.2, 0.25) is 15.9 Å². The second-order valence-electron chi connectivity index (χ2n) is 8.58. The van der Waals surface area contributed by atoms with E-state index in [0.29, 0.717) is 26.1 Å². The van der Waals surface area contributed by atoms with Gasteiger partial charge in [-0.15, -0.1) is 0 Å². The van der Waals surface area contributed by atoms with Gasteiger partial charge in [-0.1, -0.05) is 24.3 Å². The van der Waals surface area contributed by atoms with E-state index in [-0.39, 0.29) is 23.3 Å². The molecule has 3 heterocycles. The molecule has 2 aliphatic rings. The van der Waals surface area contributed by atoms with Gasteiger partial charge in [-0.3, -0.25) is 14.4 Å². The number of nitrogens with zero attached hydrogens (tertiary/aromatic N) is 5. The van der Waals surface area contributed by atoms with Gasteiger partial charge < -0.3 is 4.90 Å². The maximum absolute atomic E-state index is 13.2. The molecular formula is C22H31N5O3S. The number of hydrogen-bond donors (Lipinski definition) is 0. The van der Waals surface area contributed by atoms with Gasteiger partial charge >= 0.3 is 0 Å². The van der Waals surface area contributed by atoms with Crippen LogP contribution in [0.3, 0.4) is 0 Å². The van der Waals surface area contributed by atoms with Crippen LogP contribution in [0.2, 0.25) is 0 Å². The molecule has 0 aliphatic carbocycles. The SMILES string of the molecule is Cc1ccccc1CN1CCN(C(=O)[C@H]2CCCN(S(=O)(=O)c3cnn(C)c3)C2)CC1. The van der Waals surface area contributed by atoms with E-state index in [2.05, 4.69) is 41.2 Å². The summed E-state index contributed by atoms with van der Waals surface area (Å²) in [4.78, 5) is 17.6. The number of aryl methyl sites for hydroxylation is 2. The molecule has 0 bridgehead atoms. The van der Waals surface area contributed by atoms with Gasteiger partial charge in [-0.2, -0.15) is 9.40 Å². The van der Waals surface area contributed by atoms with Crippen LogP contribution in [-0.2, 0) is 28.4 Å². The number of carbonyl (C=O) groups excluding carboxylic acids is 1. The molecule has 168 valence electrons. The summed E-state index contributed by atoms with van der Waals surface area (Å²) in [6.07, 6.45) is 4.31. The van der Waals surface area contributed by atoms with Crippen LogP contribution in [0.25, 0.3) is 0 Å². The predicted octanol–water partition coefficient (Wildman–Crippen LogP) is 1.47.